The number of carbonyl (C=O) groups excluding carboxylic acids is 1. The summed E-state index contributed by atoms with van der Waals surface area (Å²) in [6.07, 6.45) is 1.45. The summed E-state index contributed by atoms with van der Waals surface area (Å²) in [5.41, 5.74) is -2.26. The van der Waals surface area contributed by atoms with Gasteiger partial charge in [0.05, 0.1) is 4.92 Å². The van der Waals surface area contributed by atoms with E-state index in [2.05, 4.69) is 0 Å². The highest BCUT2D eigenvalue weighted by Gasteiger charge is 2.39. The Balaban J connectivity index is 2.50. The average Bonchev–Trinajstić information content (AvgIpc) is 2.68. The molecule has 1 aliphatic rings. The van der Waals surface area contributed by atoms with E-state index in [0.717, 1.165) is 25.0 Å². The standard InChI is InChI=1S/C13H14F2N2O3/c1-13(2)6-3-7-16(13)12(18)10-8(14)4-5-9(11(10)15)17(19)20/h4-5H,3,6-7H2,1-2H3. The Bertz CT molecular complexity index is 587. The maximum absolute atomic E-state index is 14.0. The van der Waals surface area contributed by atoms with Gasteiger partial charge in [-0.3, -0.25) is 14.9 Å². The van der Waals surface area contributed by atoms with Crippen LogP contribution >= 0.6 is 0 Å². The lowest BCUT2D eigenvalue weighted by atomic mass is 10.0. The van der Waals surface area contributed by atoms with Gasteiger partial charge in [0.1, 0.15) is 11.4 Å². The number of carbonyl (C=O) groups is 1. The Labute approximate surface area is 114 Å². The molecule has 0 spiro atoms. The van der Waals surface area contributed by atoms with Gasteiger partial charge in [0.2, 0.25) is 5.82 Å². The Morgan fingerprint density at radius 2 is 2.05 bits per heavy atom. The SMILES string of the molecule is CC1(C)CCCN1C(=O)c1c(F)ccc([N+](=O)[O-])c1F. The van der Waals surface area contributed by atoms with Gasteiger partial charge in [-0.05, 0) is 32.8 Å². The van der Waals surface area contributed by atoms with E-state index >= 15 is 0 Å². The number of hydrogen-bond acceptors (Lipinski definition) is 3. The maximum atomic E-state index is 14.0. The van der Waals surface area contributed by atoms with Gasteiger partial charge in [-0.15, -0.1) is 0 Å². The molecule has 1 amide bonds. The normalized spacial score (nSPS) is 17.3. The summed E-state index contributed by atoms with van der Waals surface area (Å²) in [5, 5.41) is 10.7. The van der Waals surface area contributed by atoms with E-state index in [1.54, 1.807) is 13.8 Å². The lowest BCUT2D eigenvalue weighted by molar-refractivity contribution is -0.387. The molecule has 0 unspecified atom stereocenters. The number of nitro benzene ring substituents is 1. The fraction of sp³-hybridized carbons (Fsp3) is 0.462. The molecule has 2 rings (SSSR count). The Morgan fingerprint density at radius 3 is 2.55 bits per heavy atom. The van der Waals surface area contributed by atoms with Crippen LogP contribution < -0.4 is 0 Å². The van der Waals surface area contributed by atoms with Gasteiger partial charge in [-0.2, -0.15) is 4.39 Å². The van der Waals surface area contributed by atoms with Crippen molar-refractivity contribution < 1.29 is 18.5 Å². The van der Waals surface area contributed by atoms with Gasteiger partial charge in [-0.25, -0.2) is 4.39 Å². The van der Waals surface area contributed by atoms with Gasteiger partial charge in [-0.1, -0.05) is 0 Å². The van der Waals surface area contributed by atoms with Gasteiger partial charge in [0.15, 0.2) is 0 Å². The molecule has 108 valence electrons. The van der Waals surface area contributed by atoms with E-state index in [9.17, 15) is 23.7 Å². The molecule has 0 saturated carbocycles. The smallest absolute Gasteiger partial charge is 0.305 e. The van der Waals surface area contributed by atoms with Crippen LogP contribution in [-0.2, 0) is 0 Å². The molecule has 1 aliphatic heterocycles. The van der Waals surface area contributed by atoms with E-state index < -0.39 is 39.3 Å². The van der Waals surface area contributed by atoms with Crippen LogP contribution in [0.3, 0.4) is 0 Å². The number of benzene rings is 1. The first-order valence-electron chi connectivity index (χ1n) is 6.20. The van der Waals surface area contributed by atoms with Gasteiger partial charge in [0, 0.05) is 18.2 Å². The van der Waals surface area contributed by atoms with E-state index in [4.69, 9.17) is 0 Å². The third kappa shape index (κ3) is 2.23. The van der Waals surface area contributed by atoms with Crippen LogP contribution in [0.4, 0.5) is 14.5 Å². The first-order chi connectivity index (χ1) is 9.25. The molecule has 0 radical (unpaired) electrons. The second kappa shape index (κ2) is 4.81. The minimum Gasteiger partial charge on any atom is -0.333 e. The van der Waals surface area contributed by atoms with Crippen LogP contribution in [0, 0.1) is 21.7 Å². The van der Waals surface area contributed by atoms with E-state index in [1.165, 1.54) is 4.90 Å². The number of rotatable bonds is 2. The molecule has 1 aromatic carbocycles. The molecule has 0 bridgehead atoms. The quantitative estimate of drug-likeness (QED) is 0.619. The van der Waals surface area contributed by atoms with Crippen LogP contribution in [0.1, 0.15) is 37.0 Å². The second-order valence-electron chi connectivity index (χ2n) is 5.39. The Kier molecular flexibility index (Phi) is 3.45. The lowest BCUT2D eigenvalue weighted by Gasteiger charge is -2.31. The third-order valence-corrected chi connectivity index (χ3v) is 3.63. The molecule has 1 heterocycles. The molecule has 0 aliphatic carbocycles. The second-order valence-corrected chi connectivity index (χ2v) is 5.39. The first kappa shape index (κ1) is 14.4. The third-order valence-electron chi connectivity index (χ3n) is 3.63. The molecular formula is C13H14F2N2O3. The van der Waals surface area contributed by atoms with Crippen molar-refractivity contribution in [2.45, 2.75) is 32.2 Å². The van der Waals surface area contributed by atoms with Crippen molar-refractivity contribution in [2.24, 2.45) is 0 Å². The highest BCUT2D eigenvalue weighted by Crippen LogP contribution is 2.32. The summed E-state index contributed by atoms with van der Waals surface area (Å²) in [6, 6.07) is 1.47. The fourth-order valence-electron chi connectivity index (χ4n) is 2.50. The first-order valence-corrected chi connectivity index (χ1v) is 6.20. The molecule has 5 nitrogen and oxygen atoms in total. The maximum Gasteiger partial charge on any atom is 0.305 e. The van der Waals surface area contributed by atoms with Crippen LogP contribution in [-0.4, -0.2) is 27.8 Å². The van der Waals surface area contributed by atoms with Crippen LogP contribution in [0.5, 0.6) is 0 Å². The van der Waals surface area contributed by atoms with Crippen molar-refractivity contribution in [2.75, 3.05) is 6.54 Å². The summed E-state index contributed by atoms with van der Waals surface area (Å²) in [7, 11) is 0. The number of amides is 1. The highest BCUT2D eigenvalue weighted by molar-refractivity contribution is 5.96. The number of halogens is 2. The zero-order valence-electron chi connectivity index (χ0n) is 11.2. The van der Waals surface area contributed by atoms with Gasteiger partial charge in [0.25, 0.3) is 5.91 Å². The zero-order valence-corrected chi connectivity index (χ0v) is 11.2. The largest absolute Gasteiger partial charge is 0.333 e. The molecule has 1 aromatic rings. The summed E-state index contributed by atoms with van der Waals surface area (Å²) in [4.78, 5) is 23.4. The molecular weight excluding hydrogens is 270 g/mol. The van der Waals surface area contributed by atoms with Crippen molar-refractivity contribution in [3.05, 3.63) is 39.4 Å². The molecule has 1 saturated heterocycles. The number of nitrogens with zero attached hydrogens (tertiary/aromatic N) is 2. The summed E-state index contributed by atoms with van der Waals surface area (Å²) >= 11 is 0. The summed E-state index contributed by atoms with van der Waals surface area (Å²) in [6.45, 7) is 3.98. The zero-order chi connectivity index (χ0) is 15.1. The monoisotopic (exact) mass is 284 g/mol. The fourth-order valence-corrected chi connectivity index (χ4v) is 2.50. The van der Waals surface area contributed by atoms with Crippen molar-refractivity contribution in [1.29, 1.82) is 0 Å². The molecule has 0 atom stereocenters. The predicted octanol–water partition coefficient (Wildman–Crippen LogP) is 2.89. The van der Waals surface area contributed by atoms with Crippen LogP contribution in [0.25, 0.3) is 0 Å². The summed E-state index contributed by atoms with van der Waals surface area (Å²) < 4.78 is 27.8. The minimum absolute atomic E-state index is 0.382. The summed E-state index contributed by atoms with van der Waals surface area (Å²) in [5.74, 6) is -3.34. The Hall–Kier alpha value is -2.05. The van der Waals surface area contributed by atoms with Gasteiger partial charge >= 0.3 is 5.69 Å². The topological polar surface area (TPSA) is 63.5 Å². The van der Waals surface area contributed by atoms with Crippen LogP contribution in [0.2, 0.25) is 0 Å². The molecule has 7 heteroatoms. The average molecular weight is 284 g/mol. The highest BCUT2D eigenvalue weighted by atomic mass is 19.1. The Morgan fingerprint density at radius 1 is 1.40 bits per heavy atom. The molecule has 0 aromatic heterocycles. The van der Waals surface area contributed by atoms with E-state index in [1.807, 2.05) is 0 Å². The lowest BCUT2D eigenvalue weighted by Crippen LogP contribution is -2.43. The van der Waals surface area contributed by atoms with Crippen molar-refractivity contribution in [3.63, 3.8) is 0 Å². The van der Waals surface area contributed by atoms with Crippen LogP contribution in [0.15, 0.2) is 12.1 Å². The number of nitro groups is 1. The molecule has 0 N–H and O–H groups in total. The molecule has 20 heavy (non-hydrogen) atoms. The van der Waals surface area contributed by atoms with Crippen molar-refractivity contribution in [3.8, 4) is 0 Å². The van der Waals surface area contributed by atoms with Crippen molar-refractivity contribution >= 4 is 11.6 Å². The van der Waals surface area contributed by atoms with Crippen molar-refractivity contribution in [1.82, 2.24) is 4.90 Å². The van der Waals surface area contributed by atoms with E-state index in [0.29, 0.717) is 6.54 Å². The predicted molar refractivity (Wildman–Crippen MR) is 67.4 cm³/mol. The molecule has 1 fully saturated rings. The number of hydrogen-bond donors (Lipinski definition) is 0. The number of likely N-dealkylation sites (tertiary alicyclic amines) is 1. The minimum atomic E-state index is -1.41. The van der Waals surface area contributed by atoms with E-state index in [-0.39, 0.29) is 0 Å². The van der Waals surface area contributed by atoms with Gasteiger partial charge < -0.3 is 4.90 Å².